The van der Waals surface area contributed by atoms with Crippen LogP contribution in [0.3, 0.4) is 0 Å². The van der Waals surface area contributed by atoms with Crippen molar-refractivity contribution < 1.29 is 14.0 Å². The van der Waals surface area contributed by atoms with E-state index in [9.17, 15) is 14.0 Å². The van der Waals surface area contributed by atoms with Crippen molar-refractivity contribution in [2.45, 2.75) is 26.2 Å². The Morgan fingerprint density at radius 2 is 1.85 bits per heavy atom. The van der Waals surface area contributed by atoms with Crippen LogP contribution in [-0.2, 0) is 4.79 Å². The molecule has 0 saturated heterocycles. The maximum atomic E-state index is 13.3. The van der Waals surface area contributed by atoms with Crippen molar-refractivity contribution in [3.05, 3.63) is 76.7 Å². The van der Waals surface area contributed by atoms with Crippen LogP contribution in [0.15, 0.2) is 48.5 Å². The first-order valence-corrected chi connectivity index (χ1v) is 8.71. The van der Waals surface area contributed by atoms with E-state index in [-0.39, 0.29) is 23.9 Å². The van der Waals surface area contributed by atoms with Gasteiger partial charge in [-0.3, -0.25) is 9.59 Å². The molecule has 1 unspecified atom stereocenters. The van der Waals surface area contributed by atoms with E-state index in [1.165, 1.54) is 12.1 Å². The van der Waals surface area contributed by atoms with Gasteiger partial charge in [0.2, 0.25) is 5.91 Å². The van der Waals surface area contributed by atoms with E-state index in [0.29, 0.717) is 28.3 Å². The maximum Gasteiger partial charge on any atom is 0.226 e. The number of carbonyl (C=O) groups excluding carboxylic acids is 2. The third kappa shape index (κ3) is 2.93. The molecular formula is C21H18FN3O2. The highest BCUT2D eigenvalue weighted by atomic mass is 19.1. The lowest BCUT2D eigenvalue weighted by Crippen LogP contribution is -2.28. The van der Waals surface area contributed by atoms with Crippen molar-refractivity contribution in [1.82, 2.24) is 9.78 Å². The van der Waals surface area contributed by atoms with Gasteiger partial charge in [0.1, 0.15) is 11.6 Å². The molecule has 0 radical (unpaired) electrons. The molecule has 1 aromatic heterocycles. The third-order valence-corrected chi connectivity index (χ3v) is 4.90. The van der Waals surface area contributed by atoms with Crippen LogP contribution in [0.2, 0.25) is 0 Å². The Hall–Kier alpha value is -3.28. The lowest BCUT2D eigenvalue weighted by molar-refractivity contribution is -0.116. The topological polar surface area (TPSA) is 64.0 Å². The van der Waals surface area contributed by atoms with Gasteiger partial charge in [-0.05, 0) is 43.7 Å². The summed E-state index contributed by atoms with van der Waals surface area (Å²) in [6.45, 7) is 3.69. The smallest absolute Gasteiger partial charge is 0.226 e. The second-order valence-corrected chi connectivity index (χ2v) is 6.72. The number of hydrogen-bond donors (Lipinski definition) is 1. The van der Waals surface area contributed by atoms with Crippen molar-refractivity contribution in [2.24, 2.45) is 0 Å². The highest BCUT2D eigenvalue weighted by Crippen LogP contribution is 2.38. The van der Waals surface area contributed by atoms with Gasteiger partial charge in [-0.2, -0.15) is 5.10 Å². The fourth-order valence-corrected chi connectivity index (χ4v) is 3.58. The fourth-order valence-electron chi connectivity index (χ4n) is 3.58. The Labute approximate surface area is 155 Å². The number of nitrogens with one attached hydrogen (secondary N) is 1. The molecule has 0 spiro atoms. The van der Waals surface area contributed by atoms with Crippen LogP contribution < -0.4 is 5.32 Å². The zero-order valence-corrected chi connectivity index (χ0v) is 15.0. The molecule has 0 aliphatic carbocycles. The van der Waals surface area contributed by atoms with Crippen molar-refractivity contribution >= 4 is 17.5 Å². The van der Waals surface area contributed by atoms with Gasteiger partial charge in [-0.15, -0.1) is 0 Å². The highest BCUT2D eigenvalue weighted by molar-refractivity contribution is 6.08. The molecule has 3 aromatic rings. The highest BCUT2D eigenvalue weighted by Gasteiger charge is 2.36. The molecule has 1 aliphatic rings. The fraction of sp³-hybridized carbons (Fsp3) is 0.190. The van der Waals surface area contributed by atoms with E-state index >= 15 is 0 Å². The maximum absolute atomic E-state index is 13.3. The molecule has 2 aromatic carbocycles. The number of amides is 1. The molecule has 2 heterocycles. The van der Waals surface area contributed by atoms with Gasteiger partial charge in [0, 0.05) is 17.5 Å². The number of carbonyl (C=O) groups is 2. The van der Waals surface area contributed by atoms with Crippen LogP contribution >= 0.6 is 0 Å². The summed E-state index contributed by atoms with van der Waals surface area (Å²) in [4.78, 5) is 25.5. The van der Waals surface area contributed by atoms with Crippen LogP contribution in [0.5, 0.6) is 0 Å². The summed E-state index contributed by atoms with van der Waals surface area (Å²) in [7, 11) is 0. The summed E-state index contributed by atoms with van der Waals surface area (Å²) in [6, 6.07) is 13.2. The van der Waals surface area contributed by atoms with E-state index in [4.69, 9.17) is 0 Å². The van der Waals surface area contributed by atoms with Gasteiger partial charge < -0.3 is 5.32 Å². The molecule has 4 rings (SSSR count). The van der Waals surface area contributed by atoms with E-state index in [1.54, 1.807) is 22.9 Å². The molecule has 27 heavy (non-hydrogen) atoms. The Bertz CT molecular complexity index is 1050. The molecule has 6 heteroatoms. The van der Waals surface area contributed by atoms with Crippen molar-refractivity contribution in [2.75, 3.05) is 5.32 Å². The minimum Gasteiger partial charge on any atom is -0.310 e. The van der Waals surface area contributed by atoms with Crippen molar-refractivity contribution in [1.29, 1.82) is 0 Å². The number of halogens is 1. The normalized spacial score (nSPS) is 16.0. The number of rotatable bonds is 3. The van der Waals surface area contributed by atoms with Crippen LogP contribution in [0.4, 0.5) is 10.2 Å². The average Bonchev–Trinajstić information content (AvgIpc) is 2.98. The predicted octanol–water partition coefficient (Wildman–Crippen LogP) is 3.94. The first-order valence-electron chi connectivity index (χ1n) is 8.71. The Morgan fingerprint density at radius 3 is 2.56 bits per heavy atom. The molecule has 136 valence electrons. The third-order valence-electron chi connectivity index (χ3n) is 4.90. The summed E-state index contributed by atoms with van der Waals surface area (Å²) >= 11 is 0. The summed E-state index contributed by atoms with van der Waals surface area (Å²) < 4.78 is 14.8. The van der Waals surface area contributed by atoms with E-state index < -0.39 is 5.92 Å². The summed E-state index contributed by atoms with van der Waals surface area (Å²) in [6.07, 6.45) is 0.0795. The first-order chi connectivity index (χ1) is 13.0. The lowest BCUT2D eigenvalue weighted by atomic mass is 9.84. The Kier molecular flexibility index (Phi) is 4.11. The number of Topliss-reactive ketones (excluding diaryl/α,β-unsaturated/α-hetero) is 1. The van der Waals surface area contributed by atoms with Crippen molar-refractivity contribution in [3.63, 3.8) is 0 Å². The Balaban J connectivity index is 1.83. The van der Waals surface area contributed by atoms with Crippen LogP contribution in [0.25, 0.3) is 5.69 Å². The SMILES string of the molecule is Cc1ccccc1C(=O)C1CC(=O)Nc2c1c(C)nn2-c1ccc(F)cc1. The molecule has 1 amide bonds. The van der Waals surface area contributed by atoms with Crippen molar-refractivity contribution in [3.8, 4) is 5.69 Å². The summed E-state index contributed by atoms with van der Waals surface area (Å²) in [5, 5.41) is 7.33. The van der Waals surface area contributed by atoms with Crippen LogP contribution in [-0.4, -0.2) is 21.5 Å². The van der Waals surface area contributed by atoms with E-state index in [2.05, 4.69) is 10.4 Å². The number of benzene rings is 2. The first kappa shape index (κ1) is 17.1. The number of anilines is 1. The number of aryl methyl sites for hydroxylation is 2. The lowest BCUT2D eigenvalue weighted by Gasteiger charge is -2.23. The molecule has 0 fully saturated rings. The van der Waals surface area contributed by atoms with Gasteiger partial charge in [0.05, 0.1) is 17.3 Å². The van der Waals surface area contributed by atoms with E-state index in [1.807, 2.05) is 32.0 Å². The van der Waals surface area contributed by atoms with Crippen LogP contribution in [0.1, 0.15) is 39.5 Å². The number of nitrogens with zero attached hydrogens (tertiary/aromatic N) is 2. The molecule has 0 bridgehead atoms. The van der Waals surface area contributed by atoms with Gasteiger partial charge in [0.25, 0.3) is 0 Å². The molecule has 5 nitrogen and oxygen atoms in total. The van der Waals surface area contributed by atoms with Gasteiger partial charge in [0.15, 0.2) is 5.78 Å². The Morgan fingerprint density at radius 1 is 1.15 bits per heavy atom. The largest absolute Gasteiger partial charge is 0.310 e. The standard InChI is InChI=1S/C21H18FN3O2/c1-12-5-3-4-6-16(12)20(27)17-11-18(26)23-21-19(17)13(2)24-25(21)15-9-7-14(22)8-10-15/h3-10,17H,11H2,1-2H3,(H,23,26). The molecule has 0 saturated carbocycles. The minimum absolute atomic E-state index is 0.0795. The van der Waals surface area contributed by atoms with Gasteiger partial charge >= 0.3 is 0 Å². The monoisotopic (exact) mass is 363 g/mol. The predicted molar refractivity (Wildman–Crippen MR) is 99.8 cm³/mol. The average molecular weight is 363 g/mol. The minimum atomic E-state index is -0.593. The zero-order valence-electron chi connectivity index (χ0n) is 15.0. The second kappa shape index (κ2) is 6.46. The van der Waals surface area contributed by atoms with Crippen LogP contribution in [0, 0.1) is 19.7 Å². The molecule has 1 aliphatic heterocycles. The number of fused-ring (bicyclic) bond motifs is 1. The number of ketones is 1. The summed E-state index contributed by atoms with van der Waals surface area (Å²) in [5.74, 6) is -0.803. The van der Waals surface area contributed by atoms with Gasteiger partial charge in [-0.25, -0.2) is 9.07 Å². The molecule has 1 atom stereocenters. The van der Waals surface area contributed by atoms with E-state index in [0.717, 1.165) is 5.56 Å². The zero-order chi connectivity index (χ0) is 19.1. The quantitative estimate of drug-likeness (QED) is 0.717. The second-order valence-electron chi connectivity index (χ2n) is 6.72. The molecular weight excluding hydrogens is 345 g/mol. The molecule has 1 N–H and O–H groups in total. The van der Waals surface area contributed by atoms with Gasteiger partial charge in [-0.1, -0.05) is 24.3 Å². The number of aromatic nitrogens is 2. The number of hydrogen-bond acceptors (Lipinski definition) is 3. The summed E-state index contributed by atoms with van der Waals surface area (Å²) in [5.41, 5.74) is 3.48.